The lowest BCUT2D eigenvalue weighted by Gasteiger charge is -2.30. The Labute approximate surface area is 110 Å². The van der Waals surface area contributed by atoms with Crippen LogP contribution in [0.3, 0.4) is 0 Å². The second-order valence-electron chi connectivity index (χ2n) is 5.71. The highest BCUT2D eigenvalue weighted by Gasteiger charge is 2.23. The van der Waals surface area contributed by atoms with E-state index < -0.39 is 0 Å². The van der Waals surface area contributed by atoms with Crippen molar-refractivity contribution in [3.63, 3.8) is 0 Å². The first-order chi connectivity index (χ1) is 8.70. The molecule has 1 aromatic heterocycles. The monoisotopic (exact) mass is 250 g/mol. The fourth-order valence-corrected chi connectivity index (χ4v) is 2.73. The predicted octanol–water partition coefficient (Wildman–Crippen LogP) is 2.57. The van der Waals surface area contributed by atoms with Crippen LogP contribution < -0.4 is 5.32 Å². The Bertz CT molecular complexity index is 354. The molecule has 102 valence electrons. The second kappa shape index (κ2) is 6.32. The van der Waals surface area contributed by atoms with Crippen LogP contribution in [0.15, 0.2) is 6.33 Å². The summed E-state index contributed by atoms with van der Waals surface area (Å²) >= 11 is 0. The maximum absolute atomic E-state index is 4.42. The minimum atomic E-state index is 0.397. The van der Waals surface area contributed by atoms with E-state index in [2.05, 4.69) is 36.2 Å². The zero-order chi connectivity index (χ0) is 13.0. The Balaban J connectivity index is 1.95. The molecule has 1 saturated carbocycles. The summed E-state index contributed by atoms with van der Waals surface area (Å²) in [4.78, 5) is 4.42. The Morgan fingerprint density at radius 2 is 2.22 bits per heavy atom. The van der Waals surface area contributed by atoms with Crippen molar-refractivity contribution in [1.29, 1.82) is 0 Å². The largest absolute Gasteiger partial charge is 0.314 e. The number of nitrogens with one attached hydrogen (secondary N) is 1. The number of aromatic nitrogens is 3. The molecule has 4 nitrogen and oxygen atoms in total. The van der Waals surface area contributed by atoms with Crippen molar-refractivity contribution in [3.8, 4) is 0 Å². The van der Waals surface area contributed by atoms with Crippen molar-refractivity contribution < 1.29 is 0 Å². The van der Waals surface area contributed by atoms with Crippen molar-refractivity contribution in [1.82, 2.24) is 20.1 Å². The molecule has 4 heteroatoms. The van der Waals surface area contributed by atoms with Crippen molar-refractivity contribution in [2.75, 3.05) is 6.54 Å². The van der Waals surface area contributed by atoms with E-state index in [1.165, 1.54) is 25.7 Å². The van der Waals surface area contributed by atoms with Gasteiger partial charge in [0.15, 0.2) is 0 Å². The molecule has 0 saturated heterocycles. The predicted molar refractivity (Wildman–Crippen MR) is 73.5 cm³/mol. The summed E-state index contributed by atoms with van der Waals surface area (Å²) < 4.78 is 2.05. The Hall–Kier alpha value is -0.900. The normalized spacial score (nSPS) is 18.0. The lowest BCUT2D eigenvalue weighted by atomic mass is 9.80. The van der Waals surface area contributed by atoms with Gasteiger partial charge in [-0.3, -0.25) is 0 Å². The van der Waals surface area contributed by atoms with Crippen LogP contribution in [0.5, 0.6) is 0 Å². The smallest absolute Gasteiger partial charge is 0.138 e. The molecule has 0 bridgehead atoms. The lowest BCUT2D eigenvalue weighted by Crippen LogP contribution is -2.35. The number of likely N-dealkylation sites (N-methyl/N-ethyl adjacent to an activating group) is 1. The third-order valence-electron chi connectivity index (χ3n) is 3.90. The van der Waals surface area contributed by atoms with Crippen LogP contribution in [-0.4, -0.2) is 27.4 Å². The first kappa shape index (κ1) is 13.5. The third-order valence-corrected chi connectivity index (χ3v) is 3.90. The molecule has 18 heavy (non-hydrogen) atoms. The van der Waals surface area contributed by atoms with Crippen LogP contribution in [0.4, 0.5) is 0 Å². The van der Waals surface area contributed by atoms with Gasteiger partial charge in [0.05, 0.1) is 0 Å². The number of rotatable bonds is 7. The van der Waals surface area contributed by atoms with E-state index in [1.807, 2.05) is 4.68 Å². The van der Waals surface area contributed by atoms with E-state index in [-0.39, 0.29) is 0 Å². The molecule has 1 fully saturated rings. The standard InChI is InChI=1S/C14H26N4/c1-4-15-13(8-12-6-5-7-12)9-14-16-10-17-18(14)11(2)3/h10-13,15H,4-9H2,1-3H3. The van der Waals surface area contributed by atoms with Gasteiger partial charge in [-0.2, -0.15) is 5.10 Å². The van der Waals surface area contributed by atoms with E-state index >= 15 is 0 Å². The lowest BCUT2D eigenvalue weighted by molar-refractivity contribution is 0.257. The van der Waals surface area contributed by atoms with Gasteiger partial charge >= 0.3 is 0 Å². The molecule has 1 N–H and O–H groups in total. The fraction of sp³-hybridized carbons (Fsp3) is 0.857. The van der Waals surface area contributed by atoms with Crippen molar-refractivity contribution >= 4 is 0 Å². The molecule has 2 rings (SSSR count). The van der Waals surface area contributed by atoms with Gasteiger partial charge in [-0.15, -0.1) is 0 Å². The Kier molecular flexibility index (Phi) is 4.75. The minimum Gasteiger partial charge on any atom is -0.314 e. The topological polar surface area (TPSA) is 42.7 Å². The third kappa shape index (κ3) is 3.31. The molecular formula is C14H26N4. The van der Waals surface area contributed by atoms with Gasteiger partial charge in [0.2, 0.25) is 0 Å². The average Bonchev–Trinajstić information content (AvgIpc) is 2.71. The summed E-state index contributed by atoms with van der Waals surface area (Å²) in [5, 5.41) is 7.92. The van der Waals surface area contributed by atoms with Crippen LogP contribution in [0.25, 0.3) is 0 Å². The summed E-state index contributed by atoms with van der Waals surface area (Å²) in [5.41, 5.74) is 0. The number of nitrogens with zero attached hydrogens (tertiary/aromatic N) is 3. The van der Waals surface area contributed by atoms with Crippen molar-refractivity contribution in [2.45, 2.75) is 65.0 Å². The maximum Gasteiger partial charge on any atom is 0.138 e. The van der Waals surface area contributed by atoms with E-state index in [0.29, 0.717) is 12.1 Å². The maximum atomic E-state index is 4.42. The van der Waals surface area contributed by atoms with E-state index in [9.17, 15) is 0 Å². The molecule has 1 aromatic rings. The summed E-state index contributed by atoms with van der Waals surface area (Å²) in [6, 6.07) is 0.954. The van der Waals surface area contributed by atoms with Crippen molar-refractivity contribution in [2.24, 2.45) is 5.92 Å². The van der Waals surface area contributed by atoms with Gasteiger partial charge in [-0.05, 0) is 32.7 Å². The summed E-state index contributed by atoms with van der Waals surface area (Å²) in [7, 11) is 0. The first-order valence-electron chi connectivity index (χ1n) is 7.32. The van der Waals surface area contributed by atoms with Gasteiger partial charge in [-0.25, -0.2) is 9.67 Å². The molecule has 1 atom stereocenters. The molecule has 1 aliphatic carbocycles. The fourth-order valence-electron chi connectivity index (χ4n) is 2.73. The van der Waals surface area contributed by atoms with Crippen LogP contribution in [-0.2, 0) is 6.42 Å². The molecule has 0 spiro atoms. The van der Waals surface area contributed by atoms with Crippen molar-refractivity contribution in [3.05, 3.63) is 12.2 Å². The molecule has 0 amide bonds. The summed E-state index contributed by atoms with van der Waals surface area (Å²) in [5.74, 6) is 2.06. The summed E-state index contributed by atoms with van der Waals surface area (Å²) in [6.07, 6.45) is 8.23. The van der Waals surface area contributed by atoms with Gasteiger partial charge in [0.25, 0.3) is 0 Å². The van der Waals surface area contributed by atoms with Gasteiger partial charge in [0, 0.05) is 18.5 Å². The van der Waals surface area contributed by atoms with Crippen LogP contribution in [0.1, 0.15) is 58.3 Å². The molecule has 0 aliphatic heterocycles. The number of hydrogen-bond donors (Lipinski definition) is 1. The van der Waals surface area contributed by atoms with E-state index in [4.69, 9.17) is 0 Å². The zero-order valence-electron chi connectivity index (χ0n) is 11.9. The average molecular weight is 250 g/mol. The highest BCUT2D eigenvalue weighted by atomic mass is 15.3. The van der Waals surface area contributed by atoms with Crippen LogP contribution in [0.2, 0.25) is 0 Å². The molecule has 1 heterocycles. The van der Waals surface area contributed by atoms with Crippen LogP contribution >= 0.6 is 0 Å². The Morgan fingerprint density at radius 3 is 2.78 bits per heavy atom. The van der Waals surface area contributed by atoms with Gasteiger partial charge < -0.3 is 5.32 Å². The Morgan fingerprint density at radius 1 is 1.44 bits per heavy atom. The summed E-state index contributed by atoms with van der Waals surface area (Å²) in [6.45, 7) is 7.53. The molecule has 0 radical (unpaired) electrons. The van der Waals surface area contributed by atoms with Gasteiger partial charge in [-0.1, -0.05) is 26.2 Å². The highest BCUT2D eigenvalue weighted by Crippen LogP contribution is 2.31. The van der Waals surface area contributed by atoms with Crippen LogP contribution in [0, 0.1) is 5.92 Å². The molecule has 1 aliphatic rings. The second-order valence-corrected chi connectivity index (χ2v) is 5.71. The quantitative estimate of drug-likeness (QED) is 0.809. The van der Waals surface area contributed by atoms with E-state index in [1.54, 1.807) is 6.33 Å². The van der Waals surface area contributed by atoms with Gasteiger partial charge in [0.1, 0.15) is 12.2 Å². The SMILES string of the molecule is CCNC(Cc1ncnn1C(C)C)CC1CCC1. The first-order valence-corrected chi connectivity index (χ1v) is 7.32. The highest BCUT2D eigenvalue weighted by molar-refractivity contribution is 4.92. The molecule has 1 unspecified atom stereocenters. The minimum absolute atomic E-state index is 0.397. The molecular weight excluding hydrogens is 224 g/mol. The molecule has 0 aromatic carbocycles. The zero-order valence-corrected chi connectivity index (χ0v) is 11.9. The number of hydrogen-bond acceptors (Lipinski definition) is 3. The van der Waals surface area contributed by atoms with E-state index in [0.717, 1.165) is 24.7 Å².